The first-order valence-electron chi connectivity index (χ1n) is 5.07. The second-order valence-electron chi connectivity index (χ2n) is 3.60. The zero-order chi connectivity index (χ0) is 12.3. The highest BCUT2D eigenvalue weighted by Gasteiger charge is 2.00. The van der Waals surface area contributed by atoms with Crippen molar-refractivity contribution in [2.24, 2.45) is 0 Å². The van der Waals surface area contributed by atoms with E-state index in [1.807, 2.05) is 24.3 Å². The molecule has 17 heavy (non-hydrogen) atoms. The van der Waals surface area contributed by atoms with E-state index >= 15 is 0 Å². The molecule has 2 nitrogen and oxygen atoms in total. The van der Waals surface area contributed by atoms with Crippen LogP contribution >= 0.6 is 27.5 Å². The predicted octanol–water partition coefficient (Wildman–Crippen LogP) is 4.26. The molecule has 0 heterocycles. The van der Waals surface area contributed by atoms with Gasteiger partial charge in [-0.2, -0.15) is 0 Å². The molecule has 0 aliphatic heterocycles. The van der Waals surface area contributed by atoms with Gasteiger partial charge < -0.3 is 10.5 Å². The molecule has 0 saturated heterocycles. The molecule has 0 spiro atoms. The van der Waals surface area contributed by atoms with Crippen LogP contribution in [0, 0.1) is 0 Å². The molecule has 0 atom stereocenters. The van der Waals surface area contributed by atoms with Crippen molar-refractivity contribution in [2.45, 2.75) is 6.61 Å². The van der Waals surface area contributed by atoms with E-state index in [1.54, 1.807) is 18.2 Å². The molecule has 0 bridgehead atoms. The number of halogens is 2. The van der Waals surface area contributed by atoms with E-state index in [2.05, 4.69) is 15.9 Å². The van der Waals surface area contributed by atoms with Crippen molar-refractivity contribution >= 4 is 33.2 Å². The molecule has 4 heteroatoms. The molecule has 0 fully saturated rings. The summed E-state index contributed by atoms with van der Waals surface area (Å²) in [6.07, 6.45) is 0. The summed E-state index contributed by atoms with van der Waals surface area (Å²) < 4.78 is 6.67. The second kappa shape index (κ2) is 5.43. The number of anilines is 1. The van der Waals surface area contributed by atoms with Crippen LogP contribution in [0.15, 0.2) is 46.9 Å². The van der Waals surface area contributed by atoms with Crippen LogP contribution in [-0.2, 0) is 6.61 Å². The number of ether oxygens (including phenoxy) is 1. The summed E-state index contributed by atoms with van der Waals surface area (Å²) in [4.78, 5) is 0. The summed E-state index contributed by atoms with van der Waals surface area (Å²) in [6, 6.07) is 13.2. The molecule has 0 radical (unpaired) electrons. The Morgan fingerprint density at radius 3 is 2.47 bits per heavy atom. The van der Waals surface area contributed by atoms with Gasteiger partial charge in [-0.3, -0.25) is 0 Å². The van der Waals surface area contributed by atoms with Gasteiger partial charge in [0.1, 0.15) is 12.4 Å². The van der Waals surface area contributed by atoms with E-state index in [-0.39, 0.29) is 0 Å². The molecular weight excluding hydrogens is 302 g/mol. The molecule has 0 aliphatic carbocycles. The van der Waals surface area contributed by atoms with E-state index in [0.717, 1.165) is 15.8 Å². The lowest BCUT2D eigenvalue weighted by molar-refractivity contribution is 0.306. The van der Waals surface area contributed by atoms with Gasteiger partial charge in [0.05, 0.1) is 10.7 Å². The fraction of sp³-hybridized carbons (Fsp3) is 0.0769. The standard InChI is InChI=1S/C13H11BrClNO/c14-10-3-1-9(2-4-10)8-17-11-5-6-12(15)13(16)7-11/h1-7H,8,16H2. The lowest BCUT2D eigenvalue weighted by Gasteiger charge is -2.07. The largest absolute Gasteiger partial charge is 0.489 e. The Hall–Kier alpha value is -1.19. The number of nitrogens with two attached hydrogens (primary N) is 1. The van der Waals surface area contributed by atoms with Crippen molar-refractivity contribution < 1.29 is 4.74 Å². The Kier molecular flexibility index (Phi) is 3.92. The third-order valence-electron chi connectivity index (χ3n) is 2.29. The average Bonchev–Trinajstić information content (AvgIpc) is 2.33. The summed E-state index contributed by atoms with van der Waals surface area (Å²) in [5, 5.41) is 0.543. The maximum absolute atomic E-state index is 5.83. The van der Waals surface area contributed by atoms with Crippen LogP contribution in [0.5, 0.6) is 5.75 Å². The highest BCUT2D eigenvalue weighted by molar-refractivity contribution is 9.10. The second-order valence-corrected chi connectivity index (χ2v) is 4.92. The van der Waals surface area contributed by atoms with Gasteiger partial charge in [-0.1, -0.05) is 39.7 Å². The van der Waals surface area contributed by atoms with E-state index in [4.69, 9.17) is 22.1 Å². The third-order valence-corrected chi connectivity index (χ3v) is 3.16. The number of benzene rings is 2. The van der Waals surface area contributed by atoms with Gasteiger partial charge in [-0.05, 0) is 29.8 Å². The Balaban J connectivity index is 2.02. The lowest BCUT2D eigenvalue weighted by atomic mass is 10.2. The molecule has 2 rings (SSSR count). The molecule has 0 saturated carbocycles. The molecule has 0 amide bonds. The van der Waals surface area contributed by atoms with E-state index in [0.29, 0.717) is 17.3 Å². The van der Waals surface area contributed by atoms with Gasteiger partial charge in [0.2, 0.25) is 0 Å². The van der Waals surface area contributed by atoms with Crippen LogP contribution in [0.4, 0.5) is 5.69 Å². The quantitative estimate of drug-likeness (QED) is 0.859. The lowest BCUT2D eigenvalue weighted by Crippen LogP contribution is -1.96. The summed E-state index contributed by atoms with van der Waals surface area (Å²) >= 11 is 9.22. The Bertz CT molecular complexity index is 513. The molecule has 0 aliphatic rings. The number of hydrogen-bond donors (Lipinski definition) is 1. The maximum Gasteiger partial charge on any atom is 0.121 e. The first kappa shape index (κ1) is 12.3. The van der Waals surface area contributed by atoms with Crippen molar-refractivity contribution in [3.05, 3.63) is 57.5 Å². The summed E-state index contributed by atoms with van der Waals surface area (Å²) in [6.45, 7) is 0.508. The number of nitrogen functional groups attached to an aromatic ring is 1. The molecule has 2 aromatic carbocycles. The Morgan fingerprint density at radius 2 is 1.82 bits per heavy atom. The number of rotatable bonds is 3. The van der Waals surface area contributed by atoms with E-state index < -0.39 is 0 Å². The number of hydrogen-bond acceptors (Lipinski definition) is 2. The van der Waals surface area contributed by atoms with Crippen LogP contribution in [0.3, 0.4) is 0 Å². The molecule has 0 unspecified atom stereocenters. The van der Waals surface area contributed by atoms with E-state index in [1.165, 1.54) is 0 Å². The van der Waals surface area contributed by atoms with Gasteiger partial charge in [0.25, 0.3) is 0 Å². The van der Waals surface area contributed by atoms with Gasteiger partial charge in [-0.15, -0.1) is 0 Å². The van der Waals surface area contributed by atoms with Crippen LogP contribution in [0.1, 0.15) is 5.56 Å². The van der Waals surface area contributed by atoms with Crippen LogP contribution in [0.2, 0.25) is 5.02 Å². The normalized spacial score (nSPS) is 10.2. The highest BCUT2D eigenvalue weighted by atomic mass is 79.9. The fourth-order valence-corrected chi connectivity index (χ4v) is 1.74. The summed E-state index contributed by atoms with van der Waals surface area (Å²) in [5.41, 5.74) is 7.32. The first-order valence-corrected chi connectivity index (χ1v) is 6.24. The SMILES string of the molecule is Nc1cc(OCc2ccc(Br)cc2)ccc1Cl. The molecule has 88 valence electrons. The van der Waals surface area contributed by atoms with Crippen molar-refractivity contribution in [3.63, 3.8) is 0 Å². The van der Waals surface area contributed by atoms with Crippen LogP contribution in [-0.4, -0.2) is 0 Å². The predicted molar refractivity (Wildman–Crippen MR) is 74.3 cm³/mol. The zero-order valence-corrected chi connectivity index (χ0v) is 11.3. The van der Waals surface area contributed by atoms with Gasteiger partial charge >= 0.3 is 0 Å². The minimum atomic E-state index is 0.508. The van der Waals surface area contributed by atoms with Crippen molar-refractivity contribution in [1.29, 1.82) is 0 Å². The molecule has 2 N–H and O–H groups in total. The van der Waals surface area contributed by atoms with Crippen LogP contribution in [0.25, 0.3) is 0 Å². The molecule has 0 aromatic heterocycles. The first-order chi connectivity index (χ1) is 8.15. The van der Waals surface area contributed by atoms with Crippen molar-refractivity contribution in [2.75, 3.05) is 5.73 Å². The van der Waals surface area contributed by atoms with Gasteiger partial charge in [0.15, 0.2) is 0 Å². The molecular formula is C13H11BrClNO. The summed E-state index contributed by atoms with van der Waals surface area (Å²) in [5.74, 6) is 0.717. The Morgan fingerprint density at radius 1 is 1.12 bits per heavy atom. The zero-order valence-electron chi connectivity index (χ0n) is 8.99. The third kappa shape index (κ3) is 3.38. The Labute approximate surface area is 113 Å². The van der Waals surface area contributed by atoms with Gasteiger partial charge in [-0.25, -0.2) is 0 Å². The summed E-state index contributed by atoms with van der Waals surface area (Å²) in [7, 11) is 0. The minimum Gasteiger partial charge on any atom is -0.489 e. The fourth-order valence-electron chi connectivity index (χ4n) is 1.36. The topological polar surface area (TPSA) is 35.2 Å². The maximum atomic E-state index is 5.83. The average molecular weight is 313 g/mol. The van der Waals surface area contributed by atoms with E-state index in [9.17, 15) is 0 Å². The van der Waals surface area contributed by atoms with Crippen molar-refractivity contribution in [3.8, 4) is 5.75 Å². The van der Waals surface area contributed by atoms with Gasteiger partial charge in [0, 0.05) is 10.5 Å². The van der Waals surface area contributed by atoms with Crippen LogP contribution < -0.4 is 10.5 Å². The van der Waals surface area contributed by atoms with Crippen molar-refractivity contribution in [1.82, 2.24) is 0 Å². The highest BCUT2D eigenvalue weighted by Crippen LogP contribution is 2.24. The molecule has 2 aromatic rings. The smallest absolute Gasteiger partial charge is 0.121 e. The minimum absolute atomic E-state index is 0.508. The monoisotopic (exact) mass is 311 g/mol.